The molecule has 0 fully saturated rings. The average Bonchev–Trinajstić information content (AvgIpc) is 3.27. The fourth-order valence-corrected chi connectivity index (χ4v) is 4.19. The Labute approximate surface area is 194 Å². The molecule has 0 spiro atoms. The number of nitrogens with one attached hydrogen (secondary N) is 2. The summed E-state index contributed by atoms with van der Waals surface area (Å²) in [6.45, 7) is -0.231. The number of amides is 1. The molecule has 0 saturated heterocycles. The number of hydrogen-bond acceptors (Lipinski definition) is 7. The number of ether oxygens (including phenoxy) is 2. The Bertz CT molecular complexity index is 1320. The Kier molecular flexibility index (Phi) is 6.83. The third kappa shape index (κ3) is 4.65. The van der Waals surface area contributed by atoms with Crippen LogP contribution in [0.1, 0.15) is 18.3 Å². The molecule has 10 heteroatoms. The van der Waals surface area contributed by atoms with Crippen molar-refractivity contribution in [3.63, 3.8) is 0 Å². The smallest absolute Gasteiger partial charge is 0.279 e. The van der Waals surface area contributed by atoms with Crippen LogP contribution in [0.3, 0.4) is 0 Å². The number of carbonyl (C=O) groups excluding carboxylic acids is 1. The molecule has 0 bridgehead atoms. The van der Waals surface area contributed by atoms with E-state index in [0.29, 0.717) is 34.5 Å². The lowest BCUT2D eigenvalue weighted by Gasteiger charge is -2.17. The molecule has 4 aromatic rings. The zero-order valence-corrected chi connectivity index (χ0v) is 19.4. The second kappa shape index (κ2) is 9.95. The van der Waals surface area contributed by atoms with Crippen LogP contribution in [0.4, 0.5) is 0 Å². The highest BCUT2D eigenvalue weighted by Gasteiger charge is 2.20. The molecule has 1 atom stereocenters. The molecule has 172 valence electrons. The van der Waals surface area contributed by atoms with E-state index in [1.54, 1.807) is 23.9 Å². The van der Waals surface area contributed by atoms with Crippen molar-refractivity contribution in [2.24, 2.45) is 0 Å². The summed E-state index contributed by atoms with van der Waals surface area (Å²) in [4.78, 5) is 34.0. The fourth-order valence-electron chi connectivity index (χ4n) is 3.72. The fraction of sp³-hybridized carbons (Fsp3) is 0.304. The highest BCUT2D eigenvalue weighted by molar-refractivity contribution is 7.98. The maximum atomic E-state index is 13.1. The molecule has 1 amide bonds. The first-order valence-electron chi connectivity index (χ1n) is 10.4. The van der Waals surface area contributed by atoms with Gasteiger partial charge >= 0.3 is 0 Å². The topological polar surface area (TPSA) is 111 Å². The second-order valence-corrected chi connectivity index (χ2v) is 8.40. The normalized spacial score (nSPS) is 12.1. The molecule has 4 rings (SSSR count). The van der Waals surface area contributed by atoms with Gasteiger partial charge in [0, 0.05) is 5.39 Å². The van der Waals surface area contributed by atoms with Crippen LogP contribution in [0.2, 0.25) is 0 Å². The lowest BCUT2D eigenvalue weighted by Crippen LogP contribution is -2.36. The van der Waals surface area contributed by atoms with Gasteiger partial charge in [0.15, 0.2) is 11.5 Å². The number of rotatable bonds is 9. The minimum Gasteiger partial charge on any atom is -0.493 e. The van der Waals surface area contributed by atoms with Crippen LogP contribution < -0.4 is 20.3 Å². The Morgan fingerprint density at radius 3 is 2.76 bits per heavy atom. The first kappa shape index (κ1) is 22.7. The third-order valence-corrected chi connectivity index (χ3v) is 5.98. The van der Waals surface area contributed by atoms with E-state index in [1.807, 2.05) is 30.5 Å². The third-order valence-electron chi connectivity index (χ3n) is 5.34. The van der Waals surface area contributed by atoms with Crippen molar-refractivity contribution in [3.05, 3.63) is 58.8 Å². The molecule has 2 aromatic heterocycles. The summed E-state index contributed by atoms with van der Waals surface area (Å²) in [6.07, 6.45) is 4.24. The van der Waals surface area contributed by atoms with Gasteiger partial charge in [-0.25, -0.2) is 9.67 Å². The Morgan fingerprint density at radius 1 is 1.21 bits per heavy atom. The number of imidazole rings is 1. The van der Waals surface area contributed by atoms with Crippen LogP contribution in [0.15, 0.2) is 47.4 Å². The minimum atomic E-state index is -0.428. The summed E-state index contributed by atoms with van der Waals surface area (Å²) in [5.41, 5.74) is 1.32. The molecule has 33 heavy (non-hydrogen) atoms. The lowest BCUT2D eigenvalue weighted by atomic mass is 10.1. The van der Waals surface area contributed by atoms with Crippen molar-refractivity contribution in [2.75, 3.05) is 26.2 Å². The molecule has 2 aromatic carbocycles. The van der Waals surface area contributed by atoms with Crippen molar-refractivity contribution in [1.29, 1.82) is 0 Å². The van der Waals surface area contributed by atoms with Crippen LogP contribution in [0.5, 0.6) is 11.5 Å². The summed E-state index contributed by atoms with van der Waals surface area (Å²) >= 11 is 1.69. The Hall–Kier alpha value is -3.53. The lowest BCUT2D eigenvalue weighted by molar-refractivity contribution is -0.122. The SMILES string of the molecule is COc1ccc2cnn(CC(=O)N[C@H](CCSC)c3nc4ccccc4[nH]3)c(=O)c2c1OC. The highest BCUT2D eigenvalue weighted by atomic mass is 32.2. The number of aromatic amines is 1. The molecule has 0 aliphatic rings. The quantitative estimate of drug-likeness (QED) is 0.389. The van der Waals surface area contributed by atoms with Crippen LogP contribution >= 0.6 is 11.8 Å². The van der Waals surface area contributed by atoms with Gasteiger partial charge in [0.05, 0.1) is 42.9 Å². The van der Waals surface area contributed by atoms with Crippen molar-refractivity contribution < 1.29 is 14.3 Å². The van der Waals surface area contributed by atoms with Crippen LogP contribution in [-0.4, -0.2) is 51.9 Å². The number of aromatic nitrogens is 4. The summed E-state index contributed by atoms with van der Waals surface area (Å²) in [7, 11) is 2.97. The number of carbonyl (C=O) groups is 1. The molecule has 0 aliphatic heterocycles. The number of fused-ring (bicyclic) bond motifs is 2. The van der Waals surface area contributed by atoms with E-state index in [-0.39, 0.29) is 18.5 Å². The number of methoxy groups -OCH3 is 2. The van der Waals surface area contributed by atoms with Gasteiger partial charge in [-0.2, -0.15) is 16.9 Å². The van der Waals surface area contributed by atoms with Gasteiger partial charge in [0.25, 0.3) is 5.56 Å². The van der Waals surface area contributed by atoms with Gasteiger partial charge in [-0.05, 0) is 42.7 Å². The van der Waals surface area contributed by atoms with E-state index in [9.17, 15) is 9.59 Å². The molecule has 0 saturated carbocycles. The van der Waals surface area contributed by atoms with Crippen LogP contribution in [0.25, 0.3) is 21.8 Å². The largest absolute Gasteiger partial charge is 0.493 e. The standard InChI is InChI=1S/C23H25N5O4S/c1-31-18-9-8-14-12-24-28(23(30)20(14)21(18)32-2)13-19(29)25-17(10-11-33-3)22-26-15-6-4-5-7-16(15)27-22/h4-9,12,17H,10-11,13H2,1-3H3,(H,25,29)(H,26,27)/t17-/m1/s1. The van der Waals surface area contributed by atoms with E-state index in [4.69, 9.17) is 9.47 Å². The number of benzene rings is 2. The predicted molar refractivity (Wildman–Crippen MR) is 129 cm³/mol. The molecular weight excluding hydrogens is 442 g/mol. The number of thioether (sulfide) groups is 1. The maximum absolute atomic E-state index is 13.1. The van der Waals surface area contributed by atoms with Gasteiger partial charge in [-0.3, -0.25) is 9.59 Å². The van der Waals surface area contributed by atoms with Crippen LogP contribution in [0, 0.1) is 0 Å². The molecule has 9 nitrogen and oxygen atoms in total. The van der Waals surface area contributed by atoms with Gasteiger partial charge in [0.2, 0.25) is 5.91 Å². The zero-order chi connectivity index (χ0) is 23.4. The Balaban J connectivity index is 1.60. The van der Waals surface area contributed by atoms with E-state index >= 15 is 0 Å². The van der Waals surface area contributed by atoms with Gasteiger partial charge in [-0.1, -0.05) is 12.1 Å². The van der Waals surface area contributed by atoms with Crippen molar-refractivity contribution in [1.82, 2.24) is 25.1 Å². The highest BCUT2D eigenvalue weighted by Crippen LogP contribution is 2.32. The molecule has 2 N–H and O–H groups in total. The van der Waals surface area contributed by atoms with Crippen molar-refractivity contribution in [3.8, 4) is 11.5 Å². The van der Waals surface area contributed by atoms with Crippen molar-refractivity contribution >= 4 is 39.5 Å². The van der Waals surface area contributed by atoms with E-state index in [2.05, 4.69) is 20.4 Å². The summed E-state index contributed by atoms with van der Waals surface area (Å²) in [6, 6.07) is 10.8. The monoisotopic (exact) mass is 467 g/mol. The molecule has 0 radical (unpaired) electrons. The van der Waals surface area contributed by atoms with Crippen molar-refractivity contribution in [2.45, 2.75) is 19.0 Å². The molecular formula is C23H25N5O4S. The second-order valence-electron chi connectivity index (χ2n) is 7.41. The maximum Gasteiger partial charge on any atom is 0.279 e. The summed E-state index contributed by atoms with van der Waals surface area (Å²) in [5, 5.41) is 8.10. The average molecular weight is 468 g/mol. The van der Waals surface area contributed by atoms with Gasteiger partial charge in [0.1, 0.15) is 12.4 Å². The van der Waals surface area contributed by atoms with Gasteiger partial charge < -0.3 is 19.8 Å². The number of para-hydroxylation sites is 2. The zero-order valence-electron chi connectivity index (χ0n) is 18.6. The first-order chi connectivity index (χ1) is 16.0. The van der Waals surface area contributed by atoms with Crippen LogP contribution in [-0.2, 0) is 11.3 Å². The van der Waals surface area contributed by atoms with E-state index in [0.717, 1.165) is 21.5 Å². The summed E-state index contributed by atoms with van der Waals surface area (Å²) in [5.74, 6) is 1.94. The van der Waals surface area contributed by atoms with Gasteiger partial charge in [-0.15, -0.1) is 0 Å². The van der Waals surface area contributed by atoms with E-state index in [1.165, 1.54) is 20.4 Å². The molecule has 2 heterocycles. The summed E-state index contributed by atoms with van der Waals surface area (Å²) < 4.78 is 11.8. The number of hydrogen-bond donors (Lipinski definition) is 2. The number of H-pyrrole nitrogens is 1. The van der Waals surface area contributed by atoms with E-state index < -0.39 is 5.56 Å². The molecule has 0 aliphatic carbocycles. The predicted octanol–water partition coefficient (Wildman–Crippen LogP) is 2.90. The Morgan fingerprint density at radius 2 is 2.03 bits per heavy atom. The first-order valence-corrected chi connectivity index (χ1v) is 11.8. The number of nitrogens with zero attached hydrogens (tertiary/aromatic N) is 3. The minimum absolute atomic E-state index is 0.231. The molecule has 0 unspecified atom stereocenters.